The summed E-state index contributed by atoms with van der Waals surface area (Å²) >= 11 is 0. The van der Waals surface area contributed by atoms with Crippen molar-refractivity contribution in [2.24, 2.45) is 5.92 Å². The van der Waals surface area contributed by atoms with Crippen LogP contribution in [0, 0.1) is 5.92 Å². The molecule has 0 aliphatic heterocycles. The molecule has 3 heteroatoms. The van der Waals surface area contributed by atoms with Crippen LogP contribution >= 0.6 is 0 Å². The highest BCUT2D eigenvalue weighted by atomic mass is 16.5. The maximum atomic E-state index is 11.0. The third-order valence-electron chi connectivity index (χ3n) is 2.11. The van der Waals surface area contributed by atoms with Gasteiger partial charge in [0, 0.05) is 19.1 Å². The molecule has 0 rings (SSSR count). The van der Waals surface area contributed by atoms with Gasteiger partial charge in [0.25, 0.3) is 0 Å². The molecule has 0 aromatic heterocycles. The number of methoxy groups -OCH3 is 1. The molecule has 0 spiro atoms. The normalized spacial score (nSPS) is 15.4. The molecular formula is C11H20O3. The number of esters is 1. The molecular weight excluding hydrogens is 180 g/mol. The van der Waals surface area contributed by atoms with Crippen molar-refractivity contribution >= 4 is 5.97 Å². The summed E-state index contributed by atoms with van der Waals surface area (Å²) in [5.41, 5.74) is 0. The summed E-state index contributed by atoms with van der Waals surface area (Å²) in [6.45, 7) is 6.29. The van der Waals surface area contributed by atoms with E-state index in [0.717, 1.165) is 6.42 Å². The van der Waals surface area contributed by atoms with Crippen molar-refractivity contribution in [1.82, 2.24) is 0 Å². The minimum Gasteiger partial charge on any atom is -0.463 e. The Morgan fingerprint density at radius 2 is 2.07 bits per heavy atom. The second-order valence-corrected chi connectivity index (χ2v) is 3.15. The molecule has 0 aliphatic rings. The Morgan fingerprint density at radius 3 is 2.50 bits per heavy atom. The summed E-state index contributed by atoms with van der Waals surface area (Å²) in [5.74, 6) is -0.0558. The average molecular weight is 200 g/mol. The van der Waals surface area contributed by atoms with E-state index in [4.69, 9.17) is 9.47 Å². The molecule has 0 aliphatic carbocycles. The molecule has 0 aromatic carbocycles. The molecule has 0 radical (unpaired) electrons. The summed E-state index contributed by atoms with van der Waals surface area (Å²) in [5, 5.41) is 0. The van der Waals surface area contributed by atoms with Crippen molar-refractivity contribution in [2.45, 2.75) is 33.3 Å². The van der Waals surface area contributed by atoms with Gasteiger partial charge in [0.15, 0.2) is 0 Å². The van der Waals surface area contributed by atoms with Crippen LogP contribution in [0.4, 0.5) is 0 Å². The largest absolute Gasteiger partial charge is 0.463 e. The molecule has 0 amide bonds. The lowest BCUT2D eigenvalue weighted by molar-refractivity contribution is -0.137. The molecule has 82 valence electrons. The second-order valence-electron chi connectivity index (χ2n) is 3.15. The Balaban J connectivity index is 4.02. The van der Waals surface area contributed by atoms with Crippen molar-refractivity contribution in [3.05, 3.63) is 12.2 Å². The molecule has 0 fully saturated rings. The predicted octanol–water partition coefficient (Wildman–Crippen LogP) is 2.17. The highest BCUT2D eigenvalue weighted by molar-refractivity contribution is 5.81. The predicted molar refractivity (Wildman–Crippen MR) is 56.0 cm³/mol. The third-order valence-corrected chi connectivity index (χ3v) is 2.11. The number of carbonyl (C=O) groups excluding carboxylic acids is 1. The SMILES string of the molecule is CCOC(=O)/C=C/C(C)C(CC)OC. The summed E-state index contributed by atoms with van der Waals surface area (Å²) in [6, 6.07) is 0. The maximum absolute atomic E-state index is 11.0. The summed E-state index contributed by atoms with van der Waals surface area (Å²) in [6.07, 6.45) is 4.40. The van der Waals surface area contributed by atoms with Gasteiger partial charge in [-0.3, -0.25) is 0 Å². The highest BCUT2D eigenvalue weighted by Gasteiger charge is 2.11. The van der Waals surface area contributed by atoms with Gasteiger partial charge in [-0.2, -0.15) is 0 Å². The van der Waals surface area contributed by atoms with E-state index in [2.05, 4.69) is 6.92 Å². The van der Waals surface area contributed by atoms with Crippen LogP contribution in [0.25, 0.3) is 0 Å². The first-order valence-electron chi connectivity index (χ1n) is 5.03. The number of hydrogen-bond donors (Lipinski definition) is 0. The standard InChI is InChI=1S/C11H20O3/c1-5-10(13-4)9(3)7-8-11(12)14-6-2/h7-10H,5-6H2,1-4H3/b8-7+. The summed E-state index contributed by atoms with van der Waals surface area (Å²) < 4.78 is 10.0. The fourth-order valence-electron chi connectivity index (χ4n) is 1.30. The highest BCUT2D eigenvalue weighted by Crippen LogP contribution is 2.11. The van der Waals surface area contributed by atoms with E-state index >= 15 is 0 Å². The van der Waals surface area contributed by atoms with Crippen LogP contribution < -0.4 is 0 Å². The van der Waals surface area contributed by atoms with Gasteiger partial charge in [-0.25, -0.2) is 4.79 Å². The fraction of sp³-hybridized carbons (Fsp3) is 0.727. The fourth-order valence-corrected chi connectivity index (χ4v) is 1.30. The topological polar surface area (TPSA) is 35.5 Å². The molecule has 2 atom stereocenters. The first-order valence-corrected chi connectivity index (χ1v) is 5.03. The van der Waals surface area contributed by atoms with Crippen molar-refractivity contribution in [3.8, 4) is 0 Å². The molecule has 3 nitrogen and oxygen atoms in total. The molecule has 0 N–H and O–H groups in total. The van der Waals surface area contributed by atoms with Gasteiger partial charge >= 0.3 is 5.97 Å². The van der Waals surface area contributed by atoms with Crippen LogP contribution in [-0.4, -0.2) is 25.8 Å². The molecule has 0 saturated heterocycles. The molecule has 0 aromatic rings. The Labute approximate surface area is 86.1 Å². The van der Waals surface area contributed by atoms with E-state index in [0.29, 0.717) is 6.61 Å². The van der Waals surface area contributed by atoms with Gasteiger partial charge in [-0.05, 0) is 13.3 Å². The van der Waals surface area contributed by atoms with E-state index in [-0.39, 0.29) is 18.0 Å². The first kappa shape index (κ1) is 13.2. The van der Waals surface area contributed by atoms with Crippen molar-refractivity contribution < 1.29 is 14.3 Å². The number of carbonyl (C=O) groups is 1. The van der Waals surface area contributed by atoms with Crippen molar-refractivity contribution in [2.75, 3.05) is 13.7 Å². The van der Waals surface area contributed by atoms with Gasteiger partial charge in [0.05, 0.1) is 12.7 Å². The Morgan fingerprint density at radius 1 is 1.43 bits per heavy atom. The van der Waals surface area contributed by atoms with Gasteiger partial charge in [0.2, 0.25) is 0 Å². The van der Waals surface area contributed by atoms with Crippen LogP contribution in [0.15, 0.2) is 12.2 Å². The Kier molecular flexibility index (Phi) is 7.11. The lowest BCUT2D eigenvalue weighted by Crippen LogP contribution is -2.17. The lowest BCUT2D eigenvalue weighted by atomic mass is 10.0. The zero-order chi connectivity index (χ0) is 11.0. The molecule has 14 heavy (non-hydrogen) atoms. The van der Waals surface area contributed by atoms with Crippen LogP contribution in [-0.2, 0) is 14.3 Å². The number of hydrogen-bond acceptors (Lipinski definition) is 3. The van der Waals surface area contributed by atoms with E-state index in [1.54, 1.807) is 14.0 Å². The minimum absolute atomic E-state index is 0.167. The quantitative estimate of drug-likeness (QED) is 0.487. The summed E-state index contributed by atoms with van der Waals surface area (Å²) in [4.78, 5) is 11.0. The molecule has 0 bridgehead atoms. The van der Waals surface area contributed by atoms with Crippen LogP contribution in [0.2, 0.25) is 0 Å². The lowest BCUT2D eigenvalue weighted by Gasteiger charge is -2.17. The zero-order valence-corrected chi connectivity index (χ0v) is 9.45. The van der Waals surface area contributed by atoms with Crippen LogP contribution in [0.3, 0.4) is 0 Å². The molecule has 0 heterocycles. The Bertz CT molecular complexity index is 183. The minimum atomic E-state index is -0.287. The third kappa shape index (κ3) is 5.02. The zero-order valence-electron chi connectivity index (χ0n) is 9.45. The smallest absolute Gasteiger partial charge is 0.330 e. The molecule has 0 saturated carbocycles. The van der Waals surface area contributed by atoms with E-state index in [1.165, 1.54) is 6.08 Å². The molecule has 2 unspecified atom stereocenters. The Hall–Kier alpha value is -0.830. The van der Waals surface area contributed by atoms with Crippen molar-refractivity contribution in [3.63, 3.8) is 0 Å². The number of ether oxygens (including phenoxy) is 2. The van der Waals surface area contributed by atoms with Gasteiger partial charge in [-0.15, -0.1) is 0 Å². The first-order chi connectivity index (χ1) is 6.65. The average Bonchev–Trinajstić information content (AvgIpc) is 2.17. The van der Waals surface area contributed by atoms with Gasteiger partial charge in [-0.1, -0.05) is 19.9 Å². The van der Waals surface area contributed by atoms with Gasteiger partial charge < -0.3 is 9.47 Å². The monoisotopic (exact) mass is 200 g/mol. The van der Waals surface area contributed by atoms with Crippen LogP contribution in [0.5, 0.6) is 0 Å². The second kappa shape index (κ2) is 7.56. The van der Waals surface area contributed by atoms with E-state index < -0.39 is 0 Å². The van der Waals surface area contributed by atoms with Gasteiger partial charge in [0.1, 0.15) is 0 Å². The maximum Gasteiger partial charge on any atom is 0.330 e. The van der Waals surface area contributed by atoms with Crippen LogP contribution in [0.1, 0.15) is 27.2 Å². The van der Waals surface area contributed by atoms with Crippen molar-refractivity contribution in [1.29, 1.82) is 0 Å². The summed E-state index contributed by atoms with van der Waals surface area (Å²) in [7, 11) is 1.68. The number of rotatable bonds is 6. The van der Waals surface area contributed by atoms with E-state index in [1.807, 2.05) is 13.0 Å². The van der Waals surface area contributed by atoms with E-state index in [9.17, 15) is 4.79 Å².